The number of rotatable bonds is 3. The van der Waals surface area contributed by atoms with E-state index < -0.39 is 41.7 Å². The Morgan fingerprint density at radius 3 is 2.25 bits per heavy atom. The van der Waals surface area contributed by atoms with Crippen LogP contribution in [0.1, 0.15) is 22.7 Å². The van der Waals surface area contributed by atoms with Crippen molar-refractivity contribution in [1.29, 1.82) is 0 Å². The number of phenols is 1. The van der Waals surface area contributed by atoms with Gasteiger partial charge in [-0.3, -0.25) is 9.59 Å². The van der Waals surface area contributed by atoms with E-state index in [1.165, 1.54) is 11.4 Å². The highest BCUT2D eigenvalue weighted by molar-refractivity contribution is 6.23. The van der Waals surface area contributed by atoms with Gasteiger partial charge in [-0.1, -0.05) is 18.2 Å². The van der Waals surface area contributed by atoms with Crippen LogP contribution in [0.5, 0.6) is 5.75 Å². The van der Waals surface area contributed by atoms with E-state index in [0.717, 1.165) is 16.0 Å². The second-order valence-electron chi connectivity index (χ2n) is 7.53. The lowest BCUT2D eigenvalue weighted by Gasteiger charge is -2.22. The molecule has 0 bridgehead atoms. The third kappa shape index (κ3) is 2.66. The highest BCUT2D eigenvalue weighted by atomic mass is 16.4. The third-order valence-corrected chi connectivity index (χ3v) is 5.62. The zero-order chi connectivity index (χ0) is 20.2. The lowest BCUT2D eigenvalue weighted by molar-refractivity contribution is -0.705. The van der Waals surface area contributed by atoms with E-state index in [4.69, 9.17) is 0 Å². The maximum atomic E-state index is 13.3. The van der Waals surface area contributed by atoms with Gasteiger partial charge >= 0.3 is 0 Å². The zero-order valence-electron chi connectivity index (χ0n) is 15.5. The van der Waals surface area contributed by atoms with Crippen LogP contribution in [0.25, 0.3) is 0 Å². The van der Waals surface area contributed by atoms with Crippen LogP contribution in [0.15, 0.2) is 42.5 Å². The van der Waals surface area contributed by atoms with Gasteiger partial charge in [0.05, 0.1) is 11.3 Å². The average molecular weight is 380 g/mol. The fraction of sp³-hybridized carbons (Fsp3) is 0.286. The van der Waals surface area contributed by atoms with Crippen LogP contribution >= 0.6 is 0 Å². The van der Waals surface area contributed by atoms with Crippen molar-refractivity contribution in [1.82, 2.24) is 0 Å². The molecular formula is C21H20N2O5. The molecule has 0 saturated carbocycles. The first-order valence-corrected chi connectivity index (χ1v) is 9.09. The minimum Gasteiger partial charge on any atom is -0.544 e. The molecule has 28 heavy (non-hydrogen) atoms. The highest BCUT2D eigenvalue weighted by Gasteiger charge is 2.63. The first-order chi connectivity index (χ1) is 13.3. The normalized spacial score (nSPS) is 26.6. The molecule has 2 amide bonds. The molecule has 3 N–H and O–H groups in total. The predicted molar refractivity (Wildman–Crippen MR) is 97.0 cm³/mol. The number of aromatic hydroxyl groups is 1. The highest BCUT2D eigenvalue weighted by Crippen LogP contribution is 2.43. The molecule has 7 nitrogen and oxygen atoms in total. The number of fused-ring (bicyclic) bond motifs is 1. The van der Waals surface area contributed by atoms with Crippen LogP contribution in [-0.2, 0) is 14.4 Å². The summed E-state index contributed by atoms with van der Waals surface area (Å²) in [6.07, 6.45) is 0. The summed E-state index contributed by atoms with van der Waals surface area (Å²) in [5.41, 5.74) is 2.67. The van der Waals surface area contributed by atoms with Crippen molar-refractivity contribution >= 4 is 23.5 Å². The summed E-state index contributed by atoms with van der Waals surface area (Å²) in [5, 5.41) is 23.4. The van der Waals surface area contributed by atoms with Gasteiger partial charge < -0.3 is 20.3 Å². The summed E-state index contributed by atoms with van der Waals surface area (Å²) in [5.74, 6) is -4.34. The summed E-state index contributed by atoms with van der Waals surface area (Å²) in [4.78, 5) is 39.2. The van der Waals surface area contributed by atoms with E-state index in [1.54, 1.807) is 30.3 Å². The Hall–Kier alpha value is -3.19. The van der Waals surface area contributed by atoms with Gasteiger partial charge in [-0.05, 0) is 49.2 Å². The number of aliphatic carboxylic acids is 1. The van der Waals surface area contributed by atoms with Crippen molar-refractivity contribution < 1.29 is 29.9 Å². The molecule has 0 aliphatic carbocycles. The standard InChI is InChI=1S/C21H20N2O5/c1-10-7-11(2)9-12(8-10)23-19(25)15-16(20(23)26)18(21(27)28)22-17(15)13-5-3-4-6-14(13)24/h3-9,15-18,22,24H,1-2H3,(H,27,28)/t15-,16+,17-,18-/m0/s1. The van der Waals surface area contributed by atoms with Crippen LogP contribution in [0.3, 0.4) is 0 Å². The summed E-state index contributed by atoms with van der Waals surface area (Å²) in [7, 11) is 0. The molecule has 7 heteroatoms. The molecule has 2 aromatic carbocycles. The van der Waals surface area contributed by atoms with E-state index >= 15 is 0 Å². The number of carboxylic acids is 1. The van der Waals surface area contributed by atoms with E-state index in [2.05, 4.69) is 0 Å². The molecule has 0 unspecified atom stereocenters. The topological polar surface area (TPSA) is 114 Å². The molecule has 2 aromatic rings. The monoisotopic (exact) mass is 380 g/mol. The number of phenolic OH excluding ortho intramolecular Hbond substituents is 1. The van der Waals surface area contributed by atoms with E-state index in [9.17, 15) is 24.6 Å². The van der Waals surface area contributed by atoms with Crippen molar-refractivity contribution in [2.24, 2.45) is 11.8 Å². The molecule has 2 saturated heterocycles. The van der Waals surface area contributed by atoms with Crippen LogP contribution in [0.4, 0.5) is 5.69 Å². The number of para-hydroxylation sites is 1. The molecule has 2 heterocycles. The molecular weight excluding hydrogens is 360 g/mol. The lowest BCUT2D eigenvalue weighted by Crippen LogP contribution is -2.92. The maximum Gasteiger partial charge on any atom is 0.244 e. The van der Waals surface area contributed by atoms with Gasteiger partial charge in [0.2, 0.25) is 11.8 Å². The van der Waals surface area contributed by atoms with E-state index in [1.807, 2.05) is 19.9 Å². The molecule has 4 atom stereocenters. The third-order valence-electron chi connectivity index (χ3n) is 5.62. The number of benzene rings is 2. The number of nitrogens with two attached hydrogens (primary N) is 1. The lowest BCUT2D eigenvalue weighted by atomic mass is 9.86. The van der Waals surface area contributed by atoms with Gasteiger partial charge in [0, 0.05) is 0 Å². The molecule has 0 spiro atoms. The van der Waals surface area contributed by atoms with Gasteiger partial charge in [-0.15, -0.1) is 0 Å². The Kier molecular flexibility index (Phi) is 4.19. The number of nitrogens with zero attached hydrogens (tertiary/aromatic N) is 1. The van der Waals surface area contributed by atoms with Gasteiger partial charge in [0.1, 0.15) is 35.6 Å². The molecule has 2 aliphatic heterocycles. The first kappa shape index (κ1) is 18.2. The molecule has 4 rings (SSSR count). The first-order valence-electron chi connectivity index (χ1n) is 9.09. The average Bonchev–Trinajstić information content (AvgIpc) is 3.12. The number of carbonyl (C=O) groups excluding carboxylic acids is 3. The number of quaternary nitrogens is 1. The predicted octanol–water partition coefficient (Wildman–Crippen LogP) is -0.449. The van der Waals surface area contributed by atoms with Crippen molar-refractivity contribution in [2.45, 2.75) is 25.9 Å². The molecule has 0 aromatic heterocycles. The Balaban J connectivity index is 1.81. The summed E-state index contributed by atoms with van der Waals surface area (Å²) in [6, 6.07) is 9.99. The summed E-state index contributed by atoms with van der Waals surface area (Å²) < 4.78 is 0. The zero-order valence-corrected chi connectivity index (χ0v) is 15.5. The number of aryl methyl sites for hydroxylation is 2. The van der Waals surface area contributed by atoms with Gasteiger partial charge in [0.15, 0.2) is 0 Å². The molecule has 2 fully saturated rings. The van der Waals surface area contributed by atoms with Crippen molar-refractivity contribution in [2.75, 3.05) is 4.90 Å². The second kappa shape index (κ2) is 6.45. The number of imide groups is 1. The van der Waals surface area contributed by atoms with Crippen LogP contribution in [0.2, 0.25) is 0 Å². The summed E-state index contributed by atoms with van der Waals surface area (Å²) in [6.45, 7) is 3.73. The quantitative estimate of drug-likeness (QED) is 0.700. The number of anilines is 1. The largest absolute Gasteiger partial charge is 0.544 e. The number of amides is 2. The fourth-order valence-corrected chi connectivity index (χ4v) is 4.56. The van der Waals surface area contributed by atoms with E-state index in [0.29, 0.717) is 11.3 Å². The van der Waals surface area contributed by atoms with Gasteiger partial charge in [-0.25, -0.2) is 4.90 Å². The van der Waals surface area contributed by atoms with Gasteiger partial charge in [0.25, 0.3) is 0 Å². The smallest absolute Gasteiger partial charge is 0.244 e. The number of carboxylic acid groups (broad SMARTS) is 1. The van der Waals surface area contributed by atoms with Crippen molar-refractivity contribution in [3.63, 3.8) is 0 Å². The number of hydrogen-bond acceptors (Lipinski definition) is 5. The summed E-state index contributed by atoms with van der Waals surface area (Å²) >= 11 is 0. The van der Waals surface area contributed by atoms with Gasteiger partial charge in [-0.2, -0.15) is 0 Å². The van der Waals surface area contributed by atoms with E-state index in [-0.39, 0.29) is 5.75 Å². The Bertz CT molecular complexity index is 982. The maximum absolute atomic E-state index is 13.3. The molecule has 0 radical (unpaired) electrons. The second-order valence-corrected chi connectivity index (χ2v) is 7.53. The van der Waals surface area contributed by atoms with Crippen molar-refractivity contribution in [3.8, 4) is 5.75 Å². The minimum atomic E-state index is -1.39. The van der Waals surface area contributed by atoms with Crippen LogP contribution in [-0.4, -0.2) is 28.9 Å². The molecule has 144 valence electrons. The Labute approximate surface area is 161 Å². The van der Waals surface area contributed by atoms with Crippen LogP contribution in [0, 0.1) is 25.7 Å². The SMILES string of the molecule is Cc1cc(C)cc(N2C(=O)[C@@H]3[C@H](C2=O)[C@H](c2ccccc2O)[NH2+][C@@H]3C(=O)[O-])c1. The molecule has 2 aliphatic rings. The number of carbonyl (C=O) groups is 3. The fourth-order valence-electron chi connectivity index (χ4n) is 4.56. The number of hydrogen-bond donors (Lipinski definition) is 2. The Morgan fingerprint density at radius 1 is 1.04 bits per heavy atom. The Morgan fingerprint density at radius 2 is 1.64 bits per heavy atom. The minimum absolute atomic E-state index is 0.0356. The van der Waals surface area contributed by atoms with Crippen molar-refractivity contribution in [3.05, 3.63) is 59.2 Å². The van der Waals surface area contributed by atoms with Crippen LogP contribution < -0.4 is 15.3 Å².